The number of allylic oxidation sites excluding steroid dienone is 2. The fraction of sp³-hybridized carbons (Fsp3) is 0.659. The number of nitrogens with one attached hydrogen (secondary N) is 1. The number of esters is 1. The Bertz CT molecular complexity index is 2090. The number of sulfonamides is 1. The summed E-state index contributed by atoms with van der Waals surface area (Å²) in [5, 5.41) is 1.57. The average molecular weight is 821 g/mol. The van der Waals surface area contributed by atoms with Crippen LogP contribution in [0.15, 0.2) is 36.5 Å². The number of likely N-dealkylation sites (N-methyl/N-ethyl adjacent to an activating group) is 1. The predicted octanol–water partition coefficient (Wildman–Crippen LogP) is 6.13. The number of carbonyl (C=O) groups excluding carboxylic acids is 4. The van der Waals surface area contributed by atoms with E-state index in [4.69, 9.17) is 14.2 Å². The van der Waals surface area contributed by atoms with E-state index in [1.54, 1.807) is 38.8 Å². The molecule has 0 bridgehead atoms. The second kappa shape index (κ2) is 15.8. The zero-order valence-electron chi connectivity index (χ0n) is 35.0. The van der Waals surface area contributed by atoms with Crippen LogP contribution in [0.5, 0.6) is 11.6 Å². The number of ketones is 1. The number of nitrogens with zero attached hydrogens (tertiary/aromatic N) is 3. The van der Waals surface area contributed by atoms with Crippen LogP contribution in [0, 0.1) is 29.1 Å². The van der Waals surface area contributed by atoms with E-state index < -0.39 is 55.7 Å². The van der Waals surface area contributed by atoms with E-state index in [1.807, 2.05) is 44.3 Å². The van der Waals surface area contributed by atoms with Gasteiger partial charge in [0.25, 0.3) is 0 Å². The van der Waals surface area contributed by atoms with Gasteiger partial charge in [0, 0.05) is 36.9 Å². The van der Waals surface area contributed by atoms with Gasteiger partial charge >= 0.3 is 5.97 Å². The van der Waals surface area contributed by atoms with Crippen molar-refractivity contribution in [3.05, 3.63) is 36.5 Å². The summed E-state index contributed by atoms with van der Waals surface area (Å²) in [6.45, 7) is 12.5. The molecular formula is C44H60N4O9S. The van der Waals surface area contributed by atoms with E-state index >= 15 is 4.79 Å². The number of carbonyl (C=O) groups is 4. The number of amides is 2. The first-order valence-electron chi connectivity index (χ1n) is 21.1. The van der Waals surface area contributed by atoms with E-state index in [0.717, 1.165) is 41.6 Å². The molecule has 3 aliphatic heterocycles. The molecule has 5 aliphatic rings. The number of hydrogen-bond acceptors (Lipinski definition) is 11. The molecule has 13 nitrogen and oxygen atoms in total. The minimum absolute atomic E-state index is 0.0591. The Morgan fingerprint density at radius 1 is 1.10 bits per heavy atom. The van der Waals surface area contributed by atoms with E-state index in [-0.39, 0.29) is 55.3 Å². The van der Waals surface area contributed by atoms with Crippen molar-refractivity contribution in [2.75, 3.05) is 31.6 Å². The molecule has 2 saturated carbocycles. The molecule has 0 radical (unpaired) electrons. The number of ether oxygens (including phenoxy) is 3. The minimum atomic E-state index is -3.96. The maximum Gasteiger partial charge on any atom is 0.307 e. The zero-order chi connectivity index (χ0) is 41.8. The highest BCUT2D eigenvalue weighted by Gasteiger charge is 2.62. The zero-order valence-corrected chi connectivity index (χ0v) is 35.9. The Labute approximate surface area is 342 Å². The van der Waals surface area contributed by atoms with E-state index in [9.17, 15) is 22.8 Å². The van der Waals surface area contributed by atoms with Gasteiger partial charge in [-0.05, 0) is 102 Å². The molecule has 1 saturated heterocycles. The molecule has 58 heavy (non-hydrogen) atoms. The van der Waals surface area contributed by atoms with Gasteiger partial charge < -0.3 is 24.0 Å². The van der Waals surface area contributed by atoms with Gasteiger partial charge in [0.05, 0.1) is 47.3 Å². The van der Waals surface area contributed by atoms with Gasteiger partial charge in [-0.2, -0.15) is 0 Å². The Hall–Kier alpha value is -4.20. The first-order chi connectivity index (χ1) is 27.3. The molecule has 0 spiro atoms. The topological polar surface area (TPSA) is 162 Å². The molecule has 1 aromatic carbocycles. The fourth-order valence-electron chi connectivity index (χ4n) is 9.20. The van der Waals surface area contributed by atoms with Crippen molar-refractivity contribution in [2.45, 2.75) is 128 Å². The van der Waals surface area contributed by atoms with Gasteiger partial charge in [0.2, 0.25) is 27.7 Å². The molecule has 7 atom stereocenters. The Balaban J connectivity index is 1.24. The lowest BCUT2D eigenvalue weighted by atomic mass is 9.79. The molecule has 14 heteroatoms. The average Bonchev–Trinajstić information content (AvgIpc) is 4.04. The molecular weight excluding hydrogens is 761 g/mol. The highest BCUT2D eigenvalue weighted by molar-refractivity contribution is 7.91. The van der Waals surface area contributed by atoms with Crippen molar-refractivity contribution in [1.82, 2.24) is 14.6 Å². The molecule has 0 unspecified atom stereocenters. The molecule has 316 valence electrons. The van der Waals surface area contributed by atoms with Gasteiger partial charge in [-0.1, -0.05) is 32.4 Å². The van der Waals surface area contributed by atoms with Crippen LogP contribution in [0.3, 0.4) is 0 Å². The van der Waals surface area contributed by atoms with Crippen LogP contribution in [-0.2, 0) is 33.9 Å². The monoisotopic (exact) mass is 820 g/mol. The number of anilines is 1. The third-order valence-electron chi connectivity index (χ3n) is 13.1. The standard InChI is InChI=1S/C44H60N4O9S/c1-8-28-21-27(2)11-9-10-12-29-24-44(29,41(52)46-58(53,54)43(6)16-17-43)25-36(49)35-22-30(26-48(35)40(51)33(28)23-37(50)57-42(3,4)5)56-39-32-13-14-34-38(31(32)15-18-45-39)55-20-19-47(34)7/h10,12-15,18,27-30,33,35H,8-9,11,16-17,19-26H2,1-7H3,(H,46,52)/b12-10-/t27-,28-,29-,30-,33+,35+,44-/m1/s1. The van der Waals surface area contributed by atoms with Crippen LogP contribution in [0.25, 0.3) is 10.8 Å². The predicted molar refractivity (Wildman–Crippen MR) is 220 cm³/mol. The number of Topliss-reactive ketones (excluding diaryl/α,β-unsaturated/α-hetero) is 1. The summed E-state index contributed by atoms with van der Waals surface area (Å²) in [6.07, 6.45) is 8.89. The summed E-state index contributed by atoms with van der Waals surface area (Å²) < 4.78 is 46.4. The van der Waals surface area contributed by atoms with E-state index in [0.29, 0.717) is 44.6 Å². The SMILES string of the molecule is CC[C@@H]1C[C@H](C)CC/C=C\[C@@H]2C[C@@]2(C(=O)NS(=O)(=O)C2(C)CC2)CC(=O)[C@@H]2C[C@@H](Oc3nccc4c5c(ccc34)N(C)CCO5)CN2C(=O)[C@H]1CC(=O)OC(C)(C)C. The summed E-state index contributed by atoms with van der Waals surface area (Å²) >= 11 is 0. The van der Waals surface area contributed by atoms with Crippen LogP contribution < -0.4 is 19.1 Å². The van der Waals surface area contributed by atoms with Crippen molar-refractivity contribution in [3.63, 3.8) is 0 Å². The smallest absolute Gasteiger partial charge is 0.307 e. The van der Waals surface area contributed by atoms with E-state index in [1.165, 1.54) is 0 Å². The lowest BCUT2D eigenvalue weighted by molar-refractivity contribution is -0.160. The Morgan fingerprint density at radius 3 is 2.57 bits per heavy atom. The molecule has 2 aliphatic carbocycles. The van der Waals surface area contributed by atoms with Crippen molar-refractivity contribution < 1.29 is 41.8 Å². The summed E-state index contributed by atoms with van der Waals surface area (Å²) in [4.78, 5) is 65.7. The highest BCUT2D eigenvalue weighted by Crippen LogP contribution is 2.58. The third kappa shape index (κ3) is 8.45. The Kier molecular flexibility index (Phi) is 11.4. The molecule has 3 fully saturated rings. The number of rotatable bonds is 8. The van der Waals surface area contributed by atoms with Crippen LogP contribution >= 0.6 is 0 Å². The molecule has 2 aromatic rings. The van der Waals surface area contributed by atoms with Crippen molar-refractivity contribution in [2.24, 2.45) is 29.1 Å². The lowest BCUT2D eigenvalue weighted by Gasteiger charge is -2.33. The van der Waals surface area contributed by atoms with Crippen LogP contribution in [-0.4, -0.2) is 91.1 Å². The summed E-state index contributed by atoms with van der Waals surface area (Å²) in [5.74, 6) is -1.78. The number of fused-ring (bicyclic) bond motifs is 5. The molecule has 7 rings (SSSR count). The number of aromatic nitrogens is 1. The first-order valence-corrected chi connectivity index (χ1v) is 22.5. The molecule has 2 amide bonds. The maximum absolute atomic E-state index is 15.1. The van der Waals surface area contributed by atoms with Crippen LogP contribution in [0.2, 0.25) is 0 Å². The van der Waals surface area contributed by atoms with Crippen molar-refractivity contribution in [3.8, 4) is 11.6 Å². The van der Waals surface area contributed by atoms with Crippen LogP contribution in [0.4, 0.5) is 5.69 Å². The van der Waals surface area contributed by atoms with Gasteiger partial charge in [0.1, 0.15) is 18.3 Å². The summed E-state index contributed by atoms with van der Waals surface area (Å²) in [7, 11) is -1.94. The van der Waals surface area contributed by atoms with Gasteiger partial charge in [-0.15, -0.1) is 0 Å². The molecule has 4 heterocycles. The normalized spacial score (nSPS) is 30.5. The second-order valence-electron chi connectivity index (χ2n) is 18.8. The number of pyridine rings is 1. The Morgan fingerprint density at radius 2 is 1.86 bits per heavy atom. The van der Waals surface area contributed by atoms with E-state index in [2.05, 4.69) is 21.5 Å². The number of hydrogen-bond donors (Lipinski definition) is 1. The third-order valence-corrected chi connectivity index (χ3v) is 15.3. The fourth-order valence-corrected chi connectivity index (χ4v) is 10.5. The largest absolute Gasteiger partial charge is 0.489 e. The highest BCUT2D eigenvalue weighted by atomic mass is 32.2. The minimum Gasteiger partial charge on any atom is -0.489 e. The van der Waals surface area contributed by atoms with Gasteiger partial charge in [-0.3, -0.25) is 23.9 Å². The summed E-state index contributed by atoms with van der Waals surface area (Å²) in [6, 6.07) is 4.81. The first kappa shape index (κ1) is 41.9. The van der Waals surface area contributed by atoms with Crippen molar-refractivity contribution >= 4 is 50.1 Å². The quantitative estimate of drug-likeness (QED) is 0.241. The number of benzene rings is 1. The van der Waals surface area contributed by atoms with Crippen LogP contribution in [0.1, 0.15) is 106 Å². The van der Waals surface area contributed by atoms with Gasteiger partial charge in [-0.25, -0.2) is 13.4 Å². The van der Waals surface area contributed by atoms with Crippen molar-refractivity contribution in [1.29, 1.82) is 0 Å². The molecule has 1 N–H and O–H groups in total. The summed E-state index contributed by atoms with van der Waals surface area (Å²) in [5.41, 5.74) is -1.06. The second-order valence-corrected chi connectivity index (χ2v) is 21.0. The van der Waals surface area contributed by atoms with Gasteiger partial charge in [0.15, 0.2) is 11.5 Å². The maximum atomic E-state index is 15.1. The molecule has 1 aromatic heterocycles. The lowest BCUT2D eigenvalue weighted by Crippen LogP contribution is -2.48.